The second-order valence-electron chi connectivity index (χ2n) is 8.66. The molecule has 1 atom stereocenters. The summed E-state index contributed by atoms with van der Waals surface area (Å²) in [6.07, 6.45) is 2.63. The van der Waals surface area contributed by atoms with Gasteiger partial charge < -0.3 is 4.90 Å². The minimum absolute atomic E-state index is 0.243. The normalized spacial score (nSPS) is 18.0. The molecule has 31 heavy (non-hydrogen) atoms. The quantitative estimate of drug-likeness (QED) is 0.348. The number of hydrogen-bond acceptors (Lipinski definition) is 3. The maximum Gasteiger partial charge on any atom is 0.120 e. The van der Waals surface area contributed by atoms with Crippen LogP contribution in [0.5, 0.6) is 0 Å². The van der Waals surface area contributed by atoms with E-state index in [1.807, 2.05) is 12.1 Å². The molecule has 0 spiro atoms. The third-order valence-electron chi connectivity index (χ3n) is 6.36. The van der Waals surface area contributed by atoms with E-state index in [1.165, 1.54) is 24.1 Å². The Kier molecular flexibility index (Phi) is 4.48. The van der Waals surface area contributed by atoms with Crippen molar-refractivity contribution in [1.82, 2.24) is 14.8 Å². The van der Waals surface area contributed by atoms with Crippen molar-refractivity contribution in [2.75, 3.05) is 11.4 Å². The number of hydrogen-bond donors (Lipinski definition) is 0. The predicted octanol–water partition coefficient (Wildman–Crippen LogP) is 6.68. The fourth-order valence-corrected chi connectivity index (χ4v) is 5.19. The first kappa shape index (κ1) is 19.1. The molecular weight excluding hydrogens is 427 g/mol. The largest absolute Gasteiger partial charge is 0.360 e. The van der Waals surface area contributed by atoms with Crippen molar-refractivity contribution >= 4 is 39.9 Å². The summed E-state index contributed by atoms with van der Waals surface area (Å²) in [4.78, 5) is 7.49. The highest BCUT2D eigenvalue weighted by molar-refractivity contribution is 6.36. The Hall–Kier alpha value is -2.56. The zero-order valence-corrected chi connectivity index (χ0v) is 18.7. The second kappa shape index (κ2) is 7.25. The zero-order valence-electron chi connectivity index (χ0n) is 17.2. The van der Waals surface area contributed by atoms with Crippen molar-refractivity contribution < 1.29 is 0 Å². The van der Waals surface area contributed by atoms with Crippen LogP contribution in [0.2, 0.25) is 10.0 Å². The second-order valence-corrected chi connectivity index (χ2v) is 9.50. The van der Waals surface area contributed by atoms with Crippen molar-refractivity contribution in [2.45, 2.75) is 32.4 Å². The van der Waals surface area contributed by atoms with Gasteiger partial charge in [-0.2, -0.15) is 5.10 Å². The van der Waals surface area contributed by atoms with Gasteiger partial charge in [-0.05, 0) is 55.5 Å². The molecule has 1 aliphatic heterocycles. The summed E-state index contributed by atoms with van der Waals surface area (Å²) in [7, 11) is 0. The van der Waals surface area contributed by atoms with Crippen LogP contribution in [0.4, 0.5) is 5.69 Å². The average molecular weight is 449 g/mol. The van der Waals surface area contributed by atoms with Crippen molar-refractivity contribution in [2.24, 2.45) is 5.92 Å². The van der Waals surface area contributed by atoms with Crippen LogP contribution in [-0.2, 0) is 6.54 Å². The smallest absolute Gasteiger partial charge is 0.120 e. The fraction of sp³-hybridized carbons (Fsp3) is 0.280. The van der Waals surface area contributed by atoms with E-state index in [4.69, 9.17) is 33.3 Å². The average Bonchev–Trinajstić information content (AvgIpc) is 3.51. The van der Waals surface area contributed by atoms with Crippen molar-refractivity contribution in [3.05, 3.63) is 75.9 Å². The Labute approximate surface area is 191 Å². The van der Waals surface area contributed by atoms with Crippen LogP contribution in [0.1, 0.15) is 30.1 Å². The van der Waals surface area contributed by atoms with E-state index in [-0.39, 0.29) is 6.04 Å². The van der Waals surface area contributed by atoms with Gasteiger partial charge >= 0.3 is 0 Å². The molecule has 0 saturated heterocycles. The first-order valence-electron chi connectivity index (χ1n) is 10.7. The van der Waals surface area contributed by atoms with E-state index >= 15 is 0 Å². The third-order valence-corrected chi connectivity index (χ3v) is 6.91. The predicted molar refractivity (Wildman–Crippen MR) is 127 cm³/mol. The monoisotopic (exact) mass is 448 g/mol. The Balaban J connectivity index is 1.57. The van der Waals surface area contributed by atoms with Crippen LogP contribution in [0.25, 0.3) is 22.3 Å². The molecule has 1 aliphatic carbocycles. The van der Waals surface area contributed by atoms with Gasteiger partial charge in [0.1, 0.15) is 16.7 Å². The van der Waals surface area contributed by atoms with Gasteiger partial charge in [-0.15, -0.1) is 0 Å². The van der Waals surface area contributed by atoms with Crippen LogP contribution in [0.15, 0.2) is 54.6 Å². The van der Waals surface area contributed by atoms with Crippen LogP contribution in [-0.4, -0.2) is 21.3 Å². The molecule has 1 fully saturated rings. The molecule has 0 radical (unpaired) electrons. The first-order valence-corrected chi connectivity index (χ1v) is 11.5. The number of nitrogens with zero attached hydrogens (tertiary/aromatic N) is 4. The van der Waals surface area contributed by atoms with E-state index in [0.29, 0.717) is 10.0 Å². The van der Waals surface area contributed by atoms with Gasteiger partial charge in [0, 0.05) is 22.8 Å². The molecule has 156 valence electrons. The molecule has 2 aliphatic rings. The Morgan fingerprint density at radius 3 is 2.58 bits per heavy atom. The van der Waals surface area contributed by atoms with E-state index in [1.54, 1.807) is 6.07 Å². The maximum absolute atomic E-state index is 6.57. The molecule has 0 unspecified atom stereocenters. The van der Waals surface area contributed by atoms with Gasteiger partial charge in [-0.1, -0.05) is 53.5 Å². The maximum atomic E-state index is 6.57. The fourth-order valence-electron chi connectivity index (χ4n) is 4.70. The number of rotatable bonds is 4. The van der Waals surface area contributed by atoms with Crippen LogP contribution in [0, 0.1) is 12.8 Å². The highest BCUT2D eigenvalue weighted by Gasteiger charge is 2.35. The first-order chi connectivity index (χ1) is 15.1. The van der Waals surface area contributed by atoms with Crippen molar-refractivity contribution in [3.63, 3.8) is 0 Å². The molecule has 4 nitrogen and oxygen atoms in total. The lowest BCUT2D eigenvalue weighted by atomic mass is 10.0. The Bertz CT molecular complexity index is 1290. The number of halogens is 2. The van der Waals surface area contributed by atoms with Gasteiger partial charge in [0.05, 0.1) is 23.3 Å². The Morgan fingerprint density at radius 1 is 1.03 bits per heavy atom. The lowest BCUT2D eigenvalue weighted by Gasteiger charge is -2.38. The van der Waals surface area contributed by atoms with Gasteiger partial charge in [0.25, 0.3) is 0 Å². The minimum Gasteiger partial charge on any atom is -0.360 e. The molecule has 4 aromatic rings. The molecule has 0 amide bonds. The van der Waals surface area contributed by atoms with E-state index in [0.717, 1.165) is 47.0 Å². The minimum atomic E-state index is 0.243. The zero-order chi connectivity index (χ0) is 21.1. The lowest BCUT2D eigenvalue weighted by molar-refractivity contribution is 0.476. The Morgan fingerprint density at radius 2 is 1.84 bits per heavy atom. The molecular formula is C25H22Cl2N4. The molecule has 0 N–H and O–H groups in total. The van der Waals surface area contributed by atoms with Crippen molar-refractivity contribution in [3.8, 4) is 11.3 Å². The van der Waals surface area contributed by atoms with Crippen molar-refractivity contribution in [1.29, 1.82) is 0 Å². The summed E-state index contributed by atoms with van der Waals surface area (Å²) in [6, 6.07) is 18.8. The van der Waals surface area contributed by atoms with Gasteiger partial charge in [0.2, 0.25) is 0 Å². The number of benzene rings is 2. The lowest BCUT2D eigenvalue weighted by Crippen LogP contribution is -2.37. The molecule has 0 bridgehead atoms. The number of anilines is 1. The summed E-state index contributed by atoms with van der Waals surface area (Å²) in [5.41, 5.74) is 7.22. The number of aromatic nitrogens is 3. The molecule has 2 aromatic carbocycles. The molecule has 1 saturated carbocycles. The van der Waals surface area contributed by atoms with Gasteiger partial charge in [-0.3, -0.25) is 4.68 Å². The van der Waals surface area contributed by atoms with E-state index < -0.39 is 0 Å². The highest BCUT2D eigenvalue weighted by atomic mass is 35.5. The van der Waals surface area contributed by atoms with Crippen LogP contribution in [0.3, 0.4) is 0 Å². The third kappa shape index (κ3) is 3.29. The van der Waals surface area contributed by atoms with Crippen LogP contribution >= 0.6 is 23.2 Å². The molecule has 3 heterocycles. The molecule has 6 heteroatoms. The topological polar surface area (TPSA) is 34.0 Å². The van der Waals surface area contributed by atoms with Gasteiger partial charge in [-0.25, -0.2) is 4.98 Å². The SMILES string of the molecule is Cc1cc2c3c(n1)c(-c1ccc(Cl)cc1Cl)nn3C[C@H](c1ccccc1)N2CC1CC1. The summed E-state index contributed by atoms with van der Waals surface area (Å²) >= 11 is 12.7. The molecule has 2 aromatic heterocycles. The summed E-state index contributed by atoms with van der Waals surface area (Å²) in [6.45, 7) is 3.92. The standard InChI is InChI=1S/C25H22Cl2N4/c1-15-11-21-25-24(28-15)23(19-10-9-18(26)12-20(19)27)29-31(25)14-22(17-5-3-2-4-6-17)30(21)13-16-7-8-16/h2-6,9-12,16,22H,7-8,13-14H2,1H3/t22-/m1/s1. The summed E-state index contributed by atoms with van der Waals surface area (Å²) < 4.78 is 2.12. The summed E-state index contributed by atoms with van der Waals surface area (Å²) in [5, 5.41) is 6.24. The van der Waals surface area contributed by atoms with E-state index in [2.05, 4.69) is 52.9 Å². The molecule has 6 rings (SSSR count). The van der Waals surface area contributed by atoms with Crippen LogP contribution < -0.4 is 4.90 Å². The number of aryl methyl sites for hydroxylation is 1. The highest BCUT2D eigenvalue weighted by Crippen LogP contribution is 2.45. The van der Waals surface area contributed by atoms with Gasteiger partial charge in [0.15, 0.2) is 0 Å². The summed E-state index contributed by atoms with van der Waals surface area (Å²) in [5.74, 6) is 0.773. The van der Waals surface area contributed by atoms with E-state index in [9.17, 15) is 0 Å². The number of pyridine rings is 1.